The number of halogens is 1. The number of anilines is 1. The van der Waals surface area contributed by atoms with Crippen molar-refractivity contribution in [3.63, 3.8) is 0 Å². The molecule has 0 aliphatic rings. The van der Waals surface area contributed by atoms with Gasteiger partial charge in [-0.1, -0.05) is 40.2 Å². The second kappa shape index (κ2) is 8.19. The number of nitrogens with zero attached hydrogens (tertiary/aromatic N) is 2. The zero-order valence-corrected chi connectivity index (χ0v) is 16.3. The van der Waals surface area contributed by atoms with Crippen LogP contribution in [0.1, 0.15) is 17.8 Å². The Hall–Kier alpha value is -2.60. The molecule has 0 aliphatic carbocycles. The molecule has 5 nitrogen and oxygen atoms in total. The van der Waals surface area contributed by atoms with Gasteiger partial charge in [0.25, 0.3) is 0 Å². The summed E-state index contributed by atoms with van der Waals surface area (Å²) in [4.78, 5) is 12.3. The predicted molar refractivity (Wildman–Crippen MR) is 106 cm³/mol. The lowest BCUT2D eigenvalue weighted by atomic mass is 10.2. The fourth-order valence-corrected chi connectivity index (χ4v) is 3.04. The van der Waals surface area contributed by atoms with E-state index in [1.165, 1.54) is 0 Å². The van der Waals surface area contributed by atoms with Crippen molar-refractivity contribution < 1.29 is 9.53 Å². The minimum atomic E-state index is -0.0983. The fraction of sp³-hybridized carbons (Fsp3) is 0.200. The van der Waals surface area contributed by atoms with Crippen molar-refractivity contribution in [1.82, 2.24) is 9.78 Å². The van der Waals surface area contributed by atoms with E-state index in [-0.39, 0.29) is 12.3 Å². The van der Waals surface area contributed by atoms with Gasteiger partial charge in [0, 0.05) is 4.47 Å². The topological polar surface area (TPSA) is 56.2 Å². The Bertz CT molecular complexity index is 907. The van der Waals surface area contributed by atoms with Crippen LogP contribution >= 0.6 is 15.9 Å². The second-order valence-electron chi connectivity index (χ2n) is 5.90. The molecule has 0 unspecified atom stereocenters. The standard InChI is InChI=1S/C20H20BrN3O2/c1-14-20(15(2)24(23-14)17-8-4-3-5-9-17)22-19(25)11-12-26-18-10-6-7-16(21)13-18/h3-10,13H,11-12H2,1-2H3,(H,22,25). The van der Waals surface area contributed by atoms with E-state index in [2.05, 4.69) is 26.3 Å². The van der Waals surface area contributed by atoms with Crippen molar-refractivity contribution in [1.29, 1.82) is 0 Å². The van der Waals surface area contributed by atoms with E-state index in [1.807, 2.05) is 73.1 Å². The summed E-state index contributed by atoms with van der Waals surface area (Å²) in [5.74, 6) is 0.634. The number of amides is 1. The summed E-state index contributed by atoms with van der Waals surface area (Å²) in [5, 5.41) is 7.49. The minimum absolute atomic E-state index is 0.0983. The average Bonchev–Trinajstić information content (AvgIpc) is 2.91. The highest BCUT2D eigenvalue weighted by Crippen LogP contribution is 2.23. The number of benzene rings is 2. The monoisotopic (exact) mass is 413 g/mol. The van der Waals surface area contributed by atoms with E-state index < -0.39 is 0 Å². The number of carbonyl (C=O) groups excluding carboxylic acids is 1. The Morgan fingerprint density at radius 2 is 1.92 bits per heavy atom. The first-order valence-corrected chi connectivity index (χ1v) is 9.14. The van der Waals surface area contributed by atoms with Gasteiger partial charge in [-0.3, -0.25) is 4.79 Å². The highest BCUT2D eigenvalue weighted by Gasteiger charge is 2.15. The van der Waals surface area contributed by atoms with Crippen LogP contribution in [0, 0.1) is 13.8 Å². The first kappa shape index (κ1) is 18.2. The van der Waals surface area contributed by atoms with Crippen molar-refractivity contribution in [2.24, 2.45) is 0 Å². The van der Waals surface area contributed by atoms with Crippen molar-refractivity contribution in [2.75, 3.05) is 11.9 Å². The molecular formula is C20H20BrN3O2. The highest BCUT2D eigenvalue weighted by atomic mass is 79.9. The Labute approximate surface area is 161 Å². The van der Waals surface area contributed by atoms with Crippen LogP contribution in [0.2, 0.25) is 0 Å². The molecule has 1 aromatic heterocycles. The summed E-state index contributed by atoms with van der Waals surface area (Å²) >= 11 is 3.40. The number of carbonyl (C=O) groups is 1. The lowest BCUT2D eigenvalue weighted by Crippen LogP contribution is -2.16. The molecule has 0 bridgehead atoms. The van der Waals surface area contributed by atoms with Gasteiger partial charge in [-0.2, -0.15) is 5.10 Å². The van der Waals surface area contributed by atoms with Crippen molar-refractivity contribution in [3.05, 3.63) is 70.5 Å². The molecule has 1 heterocycles. The molecule has 0 saturated carbocycles. The molecular weight excluding hydrogens is 394 g/mol. The molecule has 0 atom stereocenters. The third-order valence-corrected chi connectivity index (χ3v) is 4.44. The zero-order chi connectivity index (χ0) is 18.5. The van der Waals surface area contributed by atoms with Crippen LogP contribution in [0.4, 0.5) is 5.69 Å². The van der Waals surface area contributed by atoms with Crippen LogP contribution in [0.25, 0.3) is 5.69 Å². The Balaban J connectivity index is 1.62. The van der Waals surface area contributed by atoms with Crippen LogP contribution in [-0.2, 0) is 4.79 Å². The molecule has 134 valence electrons. The highest BCUT2D eigenvalue weighted by molar-refractivity contribution is 9.10. The lowest BCUT2D eigenvalue weighted by Gasteiger charge is -2.08. The number of para-hydroxylation sites is 1. The van der Waals surface area contributed by atoms with Crippen LogP contribution in [0.3, 0.4) is 0 Å². The van der Waals surface area contributed by atoms with Gasteiger partial charge in [0.15, 0.2) is 0 Å². The molecule has 26 heavy (non-hydrogen) atoms. The smallest absolute Gasteiger partial charge is 0.227 e. The lowest BCUT2D eigenvalue weighted by molar-refractivity contribution is -0.116. The van der Waals surface area contributed by atoms with Gasteiger partial charge >= 0.3 is 0 Å². The van der Waals surface area contributed by atoms with Gasteiger partial charge < -0.3 is 10.1 Å². The average molecular weight is 414 g/mol. The van der Waals surface area contributed by atoms with E-state index in [9.17, 15) is 4.79 Å². The van der Waals surface area contributed by atoms with E-state index in [0.29, 0.717) is 6.61 Å². The van der Waals surface area contributed by atoms with E-state index in [1.54, 1.807) is 0 Å². The van der Waals surface area contributed by atoms with Gasteiger partial charge in [-0.15, -0.1) is 0 Å². The van der Waals surface area contributed by atoms with Crippen LogP contribution in [0.5, 0.6) is 5.75 Å². The molecule has 0 spiro atoms. The number of nitrogens with one attached hydrogen (secondary N) is 1. The summed E-state index contributed by atoms with van der Waals surface area (Å²) in [6.45, 7) is 4.15. The summed E-state index contributed by atoms with van der Waals surface area (Å²) in [5.41, 5.74) is 3.40. The number of hydrogen-bond donors (Lipinski definition) is 1. The second-order valence-corrected chi connectivity index (χ2v) is 6.81. The molecule has 0 fully saturated rings. The van der Waals surface area contributed by atoms with E-state index in [0.717, 1.165) is 33.0 Å². The molecule has 0 saturated heterocycles. The summed E-state index contributed by atoms with van der Waals surface area (Å²) < 4.78 is 8.40. The van der Waals surface area contributed by atoms with Crippen molar-refractivity contribution in [2.45, 2.75) is 20.3 Å². The minimum Gasteiger partial charge on any atom is -0.493 e. The molecule has 3 aromatic rings. The fourth-order valence-electron chi connectivity index (χ4n) is 2.66. The third kappa shape index (κ3) is 4.32. The predicted octanol–water partition coefficient (Wildman–Crippen LogP) is 4.66. The van der Waals surface area contributed by atoms with Gasteiger partial charge in [-0.25, -0.2) is 4.68 Å². The molecule has 3 rings (SSSR count). The molecule has 0 aliphatic heterocycles. The van der Waals surface area contributed by atoms with Crippen LogP contribution < -0.4 is 10.1 Å². The van der Waals surface area contributed by atoms with Crippen LogP contribution in [0.15, 0.2) is 59.1 Å². The van der Waals surface area contributed by atoms with Gasteiger partial charge in [-0.05, 0) is 44.2 Å². The SMILES string of the molecule is Cc1nn(-c2ccccc2)c(C)c1NC(=O)CCOc1cccc(Br)c1. The molecule has 1 N–H and O–H groups in total. The Morgan fingerprint density at radius 1 is 1.15 bits per heavy atom. The zero-order valence-electron chi connectivity index (χ0n) is 14.7. The summed E-state index contributed by atoms with van der Waals surface area (Å²) in [6.07, 6.45) is 0.266. The van der Waals surface area contributed by atoms with Crippen LogP contribution in [-0.4, -0.2) is 22.3 Å². The quantitative estimate of drug-likeness (QED) is 0.639. The maximum atomic E-state index is 12.3. The van der Waals surface area contributed by atoms with Crippen molar-refractivity contribution >= 4 is 27.5 Å². The number of ether oxygens (including phenoxy) is 1. The third-order valence-electron chi connectivity index (χ3n) is 3.95. The maximum Gasteiger partial charge on any atom is 0.227 e. The molecule has 2 aromatic carbocycles. The number of rotatable bonds is 6. The van der Waals surface area contributed by atoms with Gasteiger partial charge in [0.05, 0.1) is 35.8 Å². The Kier molecular flexibility index (Phi) is 5.73. The number of hydrogen-bond acceptors (Lipinski definition) is 3. The number of aromatic nitrogens is 2. The van der Waals surface area contributed by atoms with Gasteiger partial charge in [0.1, 0.15) is 5.75 Å². The van der Waals surface area contributed by atoms with E-state index in [4.69, 9.17) is 4.74 Å². The summed E-state index contributed by atoms with van der Waals surface area (Å²) in [6, 6.07) is 17.4. The molecule has 6 heteroatoms. The maximum absolute atomic E-state index is 12.3. The molecule has 0 radical (unpaired) electrons. The van der Waals surface area contributed by atoms with Gasteiger partial charge in [0.2, 0.25) is 5.91 Å². The first-order valence-electron chi connectivity index (χ1n) is 8.34. The number of aryl methyl sites for hydroxylation is 1. The first-order chi connectivity index (χ1) is 12.5. The van der Waals surface area contributed by atoms with E-state index >= 15 is 0 Å². The largest absolute Gasteiger partial charge is 0.493 e. The summed E-state index contributed by atoms with van der Waals surface area (Å²) in [7, 11) is 0. The normalized spacial score (nSPS) is 10.6. The van der Waals surface area contributed by atoms with Crippen molar-refractivity contribution in [3.8, 4) is 11.4 Å². The Morgan fingerprint density at radius 3 is 2.65 bits per heavy atom. The molecule has 1 amide bonds.